The van der Waals surface area contributed by atoms with Gasteiger partial charge in [0.05, 0.1) is 12.7 Å². The Kier molecular flexibility index (Phi) is 6.31. The van der Waals surface area contributed by atoms with Gasteiger partial charge in [-0.05, 0) is 37.4 Å². The fourth-order valence-electron chi connectivity index (χ4n) is 2.89. The Labute approximate surface area is 153 Å². The van der Waals surface area contributed by atoms with Crippen LogP contribution in [-0.4, -0.2) is 64.4 Å². The summed E-state index contributed by atoms with van der Waals surface area (Å²) in [4.78, 5) is 13.6. The fourth-order valence-corrected chi connectivity index (χ4v) is 4.85. The predicted octanol–water partition coefficient (Wildman–Crippen LogP) is 1.41. The zero-order chi connectivity index (χ0) is 18.8. The van der Waals surface area contributed by atoms with E-state index in [9.17, 15) is 13.2 Å². The van der Waals surface area contributed by atoms with Gasteiger partial charge in [-0.1, -0.05) is 11.6 Å². The number of halogens is 1. The lowest BCUT2D eigenvalue weighted by Crippen LogP contribution is -2.40. The van der Waals surface area contributed by atoms with Crippen molar-refractivity contribution in [3.05, 3.63) is 22.7 Å². The van der Waals surface area contributed by atoms with Crippen molar-refractivity contribution in [2.24, 2.45) is 11.7 Å². The van der Waals surface area contributed by atoms with Crippen molar-refractivity contribution in [2.75, 3.05) is 40.8 Å². The van der Waals surface area contributed by atoms with Gasteiger partial charge < -0.3 is 15.4 Å². The molecule has 1 heterocycles. The molecule has 1 saturated heterocycles. The number of ether oxygens (including phenoxy) is 1. The molecule has 140 valence electrons. The second-order valence-electron chi connectivity index (χ2n) is 6.27. The van der Waals surface area contributed by atoms with Gasteiger partial charge in [-0.2, -0.15) is 4.31 Å². The number of hydrogen-bond acceptors (Lipinski definition) is 5. The minimum Gasteiger partial charge on any atom is -0.494 e. The molecule has 25 heavy (non-hydrogen) atoms. The summed E-state index contributed by atoms with van der Waals surface area (Å²) in [6, 6.07) is 2.75. The number of sulfonamides is 1. The van der Waals surface area contributed by atoms with E-state index in [1.165, 1.54) is 28.4 Å². The molecule has 0 aromatic heterocycles. The van der Waals surface area contributed by atoms with Crippen LogP contribution in [0.5, 0.6) is 5.75 Å². The highest BCUT2D eigenvalue weighted by Gasteiger charge is 2.33. The molecule has 0 radical (unpaired) electrons. The average molecular weight is 390 g/mol. The molecule has 7 nitrogen and oxygen atoms in total. The van der Waals surface area contributed by atoms with Crippen LogP contribution in [0, 0.1) is 5.92 Å². The Morgan fingerprint density at radius 1 is 1.36 bits per heavy atom. The second-order valence-corrected chi connectivity index (χ2v) is 8.61. The number of benzene rings is 1. The highest BCUT2D eigenvalue weighted by molar-refractivity contribution is 7.89. The van der Waals surface area contributed by atoms with E-state index in [0.29, 0.717) is 38.4 Å². The van der Waals surface area contributed by atoms with Gasteiger partial charge in [0.25, 0.3) is 5.91 Å². The minimum absolute atomic E-state index is 0.0176. The van der Waals surface area contributed by atoms with Crippen molar-refractivity contribution in [3.8, 4) is 5.75 Å². The van der Waals surface area contributed by atoms with Crippen LogP contribution in [0.3, 0.4) is 0 Å². The van der Waals surface area contributed by atoms with Crippen LogP contribution >= 0.6 is 11.6 Å². The molecule has 0 bridgehead atoms. The standard InChI is InChI=1S/C16H24ClN3O4S/c1-19(2)16(21)13-8-12(17)9-14(15(13)24-3)25(22,23)20-6-4-11(10-18)5-7-20/h8-9,11H,4-7,10,18H2,1-3H3. The summed E-state index contributed by atoms with van der Waals surface area (Å²) in [5.41, 5.74) is 5.79. The van der Waals surface area contributed by atoms with E-state index in [4.69, 9.17) is 22.1 Å². The van der Waals surface area contributed by atoms with Gasteiger partial charge in [-0.3, -0.25) is 4.79 Å². The lowest BCUT2D eigenvalue weighted by molar-refractivity contribution is 0.0823. The van der Waals surface area contributed by atoms with Crippen LogP contribution in [-0.2, 0) is 10.0 Å². The molecular formula is C16H24ClN3O4S. The largest absolute Gasteiger partial charge is 0.494 e. The monoisotopic (exact) mass is 389 g/mol. The molecule has 1 aromatic rings. The van der Waals surface area contributed by atoms with Crippen LogP contribution in [0.25, 0.3) is 0 Å². The summed E-state index contributed by atoms with van der Waals surface area (Å²) in [7, 11) is 0.670. The highest BCUT2D eigenvalue weighted by Crippen LogP contribution is 2.35. The number of amides is 1. The SMILES string of the molecule is COc1c(C(=O)N(C)C)cc(Cl)cc1S(=O)(=O)N1CCC(CN)CC1. The smallest absolute Gasteiger partial charge is 0.257 e. The molecule has 1 aliphatic rings. The molecule has 2 rings (SSSR count). The van der Waals surface area contributed by atoms with Gasteiger partial charge >= 0.3 is 0 Å². The van der Waals surface area contributed by atoms with Crippen molar-refractivity contribution in [3.63, 3.8) is 0 Å². The van der Waals surface area contributed by atoms with Gasteiger partial charge in [0.2, 0.25) is 10.0 Å². The quantitative estimate of drug-likeness (QED) is 0.821. The summed E-state index contributed by atoms with van der Waals surface area (Å²) in [5.74, 6) is -0.0275. The van der Waals surface area contributed by atoms with E-state index in [1.807, 2.05) is 0 Å². The first-order chi connectivity index (χ1) is 11.7. The molecule has 2 N–H and O–H groups in total. The maximum atomic E-state index is 13.1. The molecule has 1 amide bonds. The minimum atomic E-state index is -3.83. The number of hydrogen-bond donors (Lipinski definition) is 1. The number of carbonyl (C=O) groups excluding carboxylic acids is 1. The van der Waals surface area contributed by atoms with Crippen LogP contribution in [0.4, 0.5) is 0 Å². The summed E-state index contributed by atoms with van der Waals surface area (Å²) < 4.78 is 32.9. The third kappa shape index (κ3) is 4.08. The van der Waals surface area contributed by atoms with Gasteiger partial charge in [-0.25, -0.2) is 8.42 Å². The average Bonchev–Trinajstić information content (AvgIpc) is 2.60. The van der Waals surface area contributed by atoms with E-state index in [-0.39, 0.29) is 27.1 Å². The first kappa shape index (κ1) is 20.0. The number of nitrogens with two attached hydrogens (primary N) is 1. The van der Waals surface area contributed by atoms with Crippen molar-refractivity contribution < 1.29 is 17.9 Å². The lowest BCUT2D eigenvalue weighted by atomic mass is 9.99. The summed E-state index contributed by atoms with van der Waals surface area (Å²) in [6.45, 7) is 1.32. The highest BCUT2D eigenvalue weighted by atomic mass is 35.5. The van der Waals surface area contributed by atoms with Crippen LogP contribution in [0.1, 0.15) is 23.2 Å². The van der Waals surface area contributed by atoms with Gasteiger partial charge in [0.15, 0.2) is 5.75 Å². The Morgan fingerprint density at radius 2 is 1.96 bits per heavy atom. The van der Waals surface area contributed by atoms with E-state index in [2.05, 4.69) is 0 Å². The first-order valence-corrected chi connectivity index (χ1v) is 9.83. The Hall–Kier alpha value is -1.35. The Morgan fingerprint density at radius 3 is 2.44 bits per heavy atom. The van der Waals surface area contributed by atoms with E-state index in [1.54, 1.807) is 14.1 Å². The molecule has 0 saturated carbocycles. The molecule has 0 unspecified atom stereocenters. The van der Waals surface area contributed by atoms with Crippen LogP contribution in [0.15, 0.2) is 17.0 Å². The maximum Gasteiger partial charge on any atom is 0.257 e. The zero-order valence-corrected chi connectivity index (χ0v) is 16.2. The van der Waals surface area contributed by atoms with E-state index >= 15 is 0 Å². The lowest BCUT2D eigenvalue weighted by Gasteiger charge is -2.31. The van der Waals surface area contributed by atoms with Crippen molar-refractivity contribution in [1.82, 2.24) is 9.21 Å². The number of methoxy groups -OCH3 is 1. The molecule has 0 aliphatic carbocycles. The maximum absolute atomic E-state index is 13.1. The number of piperidine rings is 1. The molecule has 1 aromatic carbocycles. The number of nitrogens with zero attached hydrogens (tertiary/aromatic N) is 2. The van der Waals surface area contributed by atoms with Crippen LogP contribution < -0.4 is 10.5 Å². The summed E-state index contributed by atoms with van der Waals surface area (Å²) in [6.07, 6.45) is 1.42. The first-order valence-electron chi connectivity index (χ1n) is 8.01. The topological polar surface area (TPSA) is 92.9 Å². The number of rotatable bonds is 5. The van der Waals surface area contributed by atoms with Crippen molar-refractivity contribution >= 4 is 27.5 Å². The van der Waals surface area contributed by atoms with Crippen molar-refractivity contribution in [1.29, 1.82) is 0 Å². The van der Waals surface area contributed by atoms with Gasteiger partial charge in [-0.15, -0.1) is 0 Å². The molecule has 9 heteroatoms. The Balaban J connectivity index is 2.49. The second kappa shape index (κ2) is 7.90. The third-order valence-electron chi connectivity index (χ3n) is 4.38. The number of carbonyl (C=O) groups is 1. The fraction of sp³-hybridized carbons (Fsp3) is 0.562. The van der Waals surface area contributed by atoms with Gasteiger partial charge in [0.1, 0.15) is 4.90 Å². The summed E-state index contributed by atoms with van der Waals surface area (Å²) in [5, 5.41) is 0.168. The van der Waals surface area contributed by atoms with E-state index in [0.717, 1.165) is 0 Å². The van der Waals surface area contributed by atoms with Crippen LogP contribution in [0.2, 0.25) is 5.02 Å². The molecule has 1 aliphatic heterocycles. The molecule has 1 fully saturated rings. The molecule has 0 atom stereocenters. The third-order valence-corrected chi connectivity index (χ3v) is 6.51. The summed E-state index contributed by atoms with van der Waals surface area (Å²) >= 11 is 6.09. The predicted molar refractivity (Wildman–Crippen MR) is 96.6 cm³/mol. The Bertz CT molecular complexity index is 744. The van der Waals surface area contributed by atoms with E-state index < -0.39 is 10.0 Å². The normalized spacial score (nSPS) is 16.7. The van der Waals surface area contributed by atoms with Crippen molar-refractivity contribution in [2.45, 2.75) is 17.7 Å². The molecule has 0 spiro atoms. The van der Waals surface area contributed by atoms with Gasteiger partial charge in [0, 0.05) is 32.2 Å². The molecular weight excluding hydrogens is 366 g/mol. The zero-order valence-electron chi connectivity index (χ0n) is 14.7.